The van der Waals surface area contributed by atoms with Crippen molar-refractivity contribution in [2.75, 3.05) is 46.2 Å². The summed E-state index contributed by atoms with van der Waals surface area (Å²) in [5.41, 5.74) is 6.31. The van der Waals surface area contributed by atoms with Crippen molar-refractivity contribution in [1.29, 1.82) is 0 Å². The van der Waals surface area contributed by atoms with E-state index in [1.54, 1.807) is 20.2 Å². The van der Waals surface area contributed by atoms with Crippen LogP contribution in [0.3, 0.4) is 0 Å². The predicted octanol–water partition coefficient (Wildman–Crippen LogP) is 1.31. The Kier molecular flexibility index (Phi) is 8.15. The largest absolute Gasteiger partial charge is 0.507 e. The van der Waals surface area contributed by atoms with Crippen molar-refractivity contribution in [1.82, 2.24) is 9.80 Å². The summed E-state index contributed by atoms with van der Waals surface area (Å²) in [7, 11) is 6.91. The molecule has 46 heavy (non-hydrogen) atoms. The van der Waals surface area contributed by atoms with E-state index in [9.17, 15) is 34.2 Å². The summed E-state index contributed by atoms with van der Waals surface area (Å²) in [5.74, 6) is -9.90. The molecule has 2 aromatic carbocycles. The van der Waals surface area contributed by atoms with E-state index in [1.807, 2.05) is 25.1 Å². The predicted molar refractivity (Wildman–Crippen MR) is 169 cm³/mol. The van der Waals surface area contributed by atoms with Crippen LogP contribution < -0.4 is 10.6 Å². The maximum atomic E-state index is 14.1. The SMILES string of the molecule is CN(C)c1c(CN2CCC(c3ccccc3)CC2)cc(O)c2c1C[C@H]1C[C@H]3[C@H](N(C)C)C(=O)C(C(N)=O)C(=O)[C@@]3(O)C(=O)C1C2=O. The van der Waals surface area contributed by atoms with Crippen LogP contribution in [0.25, 0.3) is 0 Å². The number of likely N-dealkylation sites (N-methyl/N-ethyl adjacent to an activating group) is 1. The number of carbonyl (C=O) groups is 5. The number of amides is 1. The van der Waals surface area contributed by atoms with Crippen molar-refractivity contribution < 1.29 is 34.2 Å². The number of hydrogen-bond acceptors (Lipinski definition) is 10. The number of nitrogens with zero attached hydrogens (tertiary/aromatic N) is 3. The number of aliphatic hydroxyl groups is 1. The topological polar surface area (TPSA) is 162 Å². The van der Waals surface area contributed by atoms with Crippen LogP contribution in [0.1, 0.15) is 52.2 Å². The van der Waals surface area contributed by atoms with Gasteiger partial charge in [-0.1, -0.05) is 30.3 Å². The Labute approximate surface area is 268 Å². The quantitative estimate of drug-likeness (QED) is 0.397. The number of Topliss-reactive ketones (excluding diaryl/α,β-unsaturated/α-hetero) is 4. The average molecular weight is 631 g/mol. The fourth-order valence-electron chi connectivity index (χ4n) is 8.80. The molecule has 2 saturated carbocycles. The highest BCUT2D eigenvalue weighted by Crippen LogP contribution is 2.52. The van der Waals surface area contributed by atoms with Crippen LogP contribution in [0.15, 0.2) is 36.4 Å². The van der Waals surface area contributed by atoms with Gasteiger partial charge >= 0.3 is 0 Å². The number of ketones is 4. The van der Waals surface area contributed by atoms with Gasteiger partial charge in [0.05, 0.1) is 17.5 Å². The van der Waals surface area contributed by atoms with Gasteiger partial charge in [-0.3, -0.25) is 33.8 Å². The lowest BCUT2D eigenvalue weighted by Gasteiger charge is -2.52. The minimum Gasteiger partial charge on any atom is -0.507 e. The van der Waals surface area contributed by atoms with Crippen LogP contribution in [0, 0.1) is 23.7 Å². The van der Waals surface area contributed by atoms with E-state index in [2.05, 4.69) is 29.2 Å². The number of benzene rings is 2. The summed E-state index contributed by atoms with van der Waals surface area (Å²) < 4.78 is 0. The summed E-state index contributed by atoms with van der Waals surface area (Å²) in [4.78, 5) is 73.1. The lowest BCUT2D eigenvalue weighted by molar-refractivity contribution is -0.181. The number of carbonyl (C=O) groups excluding carboxylic acids is 5. The van der Waals surface area contributed by atoms with Crippen LogP contribution in [-0.2, 0) is 32.1 Å². The highest BCUT2D eigenvalue weighted by Gasteiger charge is 2.69. The lowest BCUT2D eigenvalue weighted by atomic mass is 9.52. The van der Waals surface area contributed by atoms with Crippen molar-refractivity contribution in [3.8, 4) is 5.75 Å². The molecule has 11 heteroatoms. The van der Waals surface area contributed by atoms with Crippen LogP contribution in [0.2, 0.25) is 0 Å². The molecule has 4 N–H and O–H groups in total. The summed E-state index contributed by atoms with van der Waals surface area (Å²) in [6.07, 6.45) is 2.27. The molecular weight excluding hydrogens is 588 g/mol. The summed E-state index contributed by atoms with van der Waals surface area (Å²) in [6.45, 7) is 2.32. The Morgan fingerprint density at radius 1 is 1.02 bits per heavy atom. The van der Waals surface area contributed by atoms with Crippen LogP contribution in [0.5, 0.6) is 5.75 Å². The zero-order valence-electron chi connectivity index (χ0n) is 26.7. The van der Waals surface area contributed by atoms with Gasteiger partial charge < -0.3 is 20.8 Å². The fourth-order valence-corrected chi connectivity index (χ4v) is 8.80. The molecule has 3 fully saturated rings. The highest BCUT2D eigenvalue weighted by atomic mass is 16.3. The average Bonchev–Trinajstić information content (AvgIpc) is 2.99. The molecule has 1 saturated heterocycles. The Morgan fingerprint density at radius 3 is 2.26 bits per heavy atom. The molecule has 1 amide bonds. The van der Waals surface area contributed by atoms with Crippen molar-refractivity contribution in [2.45, 2.75) is 49.8 Å². The molecule has 0 bridgehead atoms. The molecule has 6 rings (SSSR count). The summed E-state index contributed by atoms with van der Waals surface area (Å²) in [5, 5.41) is 23.1. The van der Waals surface area contributed by atoms with Gasteiger partial charge in [-0.15, -0.1) is 0 Å². The monoisotopic (exact) mass is 630 g/mol. The van der Waals surface area contributed by atoms with Gasteiger partial charge in [-0.05, 0) is 87.5 Å². The van der Waals surface area contributed by atoms with Crippen LogP contribution >= 0.6 is 0 Å². The summed E-state index contributed by atoms with van der Waals surface area (Å²) in [6, 6.07) is 11.0. The van der Waals surface area contributed by atoms with E-state index in [0.29, 0.717) is 18.0 Å². The number of primary amides is 1. The normalized spacial score (nSPS) is 30.2. The zero-order chi connectivity index (χ0) is 33.2. The van der Waals surface area contributed by atoms with Crippen molar-refractivity contribution in [2.24, 2.45) is 29.4 Å². The smallest absolute Gasteiger partial charge is 0.235 e. The molecule has 4 aliphatic rings. The van der Waals surface area contributed by atoms with Crippen LogP contribution in [-0.4, -0.2) is 102 Å². The number of piperidine rings is 1. The second-order valence-corrected chi connectivity index (χ2v) is 13.9. The van der Waals surface area contributed by atoms with Crippen molar-refractivity contribution in [3.63, 3.8) is 0 Å². The van der Waals surface area contributed by atoms with Gasteiger partial charge in [0.2, 0.25) is 5.91 Å². The van der Waals surface area contributed by atoms with E-state index < -0.39 is 64.4 Å². The molecule has 0 radical (unpaired) electrons. The van der Waals surface area contributed by atoms with Gasteiger partial charge in [-0.25, -0.2) is 0 Å². The number of phenolic OH excluding ortho intramolecular Hbond substituents is 1. The van der Waals surface area contributed by atoms with Gasteiger partial charge in [0, 0.05) is 32.2 Å². The first-order valence-electron chi connectivity index (χ1n) is 15.9. The van der Waals surface area contributed by atoms with E-state index in [0.717, 1.165) is 37.2 Å². The Morgan fingerprint density at radius 2 is 1.67 bits per heavy atom. The number of nitrogens with two attached hydrogens (primary N) is 1. The molecule has 11 nitrogen and oxygen atoms in total. The molecule has 1 aliphatic heterocycles. The first-order valence-corrected chi connectivity index (χ1v) is 15.9. The zero-order valence-corrected chi connectivity index (χ0v) is 26.7. The van der Waals surface area contributed by atoms with E-state index in [1.165, 1.54) is 10.5 Å². The number of fused-ring (bicyclic) bond motifs is 3. The number of anilines is 1. The second-order valence-electron chi connectivity index (χ2n) is 13.9. The fraction of sp³-hybridized carbons (Fsp3) is 0.514. The molecule has 6 atom stereocenters. The number of phenols is 1. The van der Waals surface area contributed by atoms with Gasteiger partial charge in [0.25, 0.3) is 0 Å². The maximum absolute atomic E-state index is 14.1. The number of rotatable bonds is 6. The molecule has 3 aliphatic carbocycles. The standard InChI is InChI=1S/C35H42N4O7/c1-37(2)28-21(17-39-12-10-19(11-13-39)18-8-6-5-7-9-18)16-24(40)26-22(28)14-20-15-23-29(38(3)4)31(42)27(34(36)45)33(44)35(23,46)32(43)25(20)30(26)41/h5-9,16,19-20,23,25,27,29,40,46H,10-15,17H2,1-4H3,(H2,36,45)/t20-,23-,25?,27?,29-,35-/m0/s1. The van der Waals surface area contributed by atoms with E-state index in [4.69, 9.17) is 5.73 Å². The van der Waals surface area contributed by atoms with Gasteiger partial charge in [0.15, 0.2) is 34.7 Å². The number of hydrogen-bond donors (Lipinski definition) is 3. The minimum absolute atomic E-state index is 0.0156. The Bertz CT molecular complexity index is 1610. The first-order chi connectivity index (χ1) is 21.8. The second kappa shape index (κ2) is 11.7. The van der Waals surface area contributed by atoms with Gasteiger partial charge in [0.1, 0.15) is 5.75 Å². The lowest BCUT2D eigenvalue weighted by Crippen LogP contribution is -2.74. The highest BCUT2D eigenvalue weighted by molar-refractivity contribution is 6.32. The third kappa shape index (κ3) is 4.87. The molecule has 0 aromatic heterocycles. The summed E-state index contributed by atoms with van der Waals surface area (Å²) >= 11 is 0. The molecule has 0 spiro atoms. The van der Waals surface area contributed by atoms with Crippen molar-refractivity contribution in [3.05, 3.63) is 58.7 Å². The molecule has 244 valence electrons. The van der Waals surface area contributed by atoms with Gasteiger partial charge in [-0.2, -0.15) is 0 Å². The molecular formula is C35H42N4O7. The Hall–Kier alpha value is -3.93. The number of aromatic hydroxyl groups is 1. The van der Waals surface area contributed by atoms with Crippen molar-refractivity contribution >= 4 is 34.7 Å². The first kappa shape index (κ1) is 32.0. The maximum Gasteiger partial charge on any atom is 0.235 e. The third-order valence-corrected chi connectivity index (χ3v) is 10.8. The third-order valence-electron chi connectivity index (χ3n) is 10.8. The van der Waals surface area contributed by atoms with E-state index >= 15 is 0 Å². The molecule has 2 aromatic rings. The molecule has 2 unspecified atom stereocenters. The van der Waals surface area contributed by atoms with Crippen LogP contribution in [0.4, 0.5) is 5.69 Å². The Balaban J connectivity index is 1.34. The molecule has 1 heterocycles. The minimum atomic E-state index is -2.73. The number of likely N-dealkylation sites (tertiary alicyclic amines) is 1. The van der Waals surface area contributed by atoms with E-state index in [-0.39, 0.29) is 24.2 Å².